The van der Waals surface area contributed by atoms with Crippen molar-refractivity contribution in [2.24, 2.45) is 11.8 Å². The van der Waals surface area contributed by atoms with E-state index in [0.717, 1.165) is 0 Å². The normalized spacial score (nSPS) is 10.4. The summed E-state index contributed by atoms with van der Waals surface area (Å²) in [5.74, 6) is -5.39. The molecule has 0 saturated carbocycles. The number of hydrogen-bond acceptors (Lipinski definition) is 8. The molecule has 0 fully saturated rings. The molecule has 0 heterocycles. The van der Waals surface area contributed by atoms with Crippen LogP contribution < -0.4 is 0 Å². The van der Waals surface area contributed by atoms with Gasteiger partial charge in [0.05, 0.1) is 26.4 Å². The minimum absolute atomic E-state index is 0.0834. The van der Waals surface area contributed by atoms with Crippen LogP contribution in [0, 0.1) is 11.8 Å². The van der Waals surface area contributed by atoms with Gasteiger partial charge in [0.15, 0.2) is 11.8 Å². The monoisotopic (exact) mass is 346 g/mol. The standard InChI is InChI=1S/C16H26O8/c1-5-21-13(17)11(14(18)22-6-2)9-10-12(15(19)23-7-3)16(20)24-8-4/h11-12H,5-10H2,1-4H3. The van der Waals surface area contributed by atoms with E-state index < -0.39 is 35.7 Å². The molecule has 0 spiro atoms. The third-order valence-electron chi connectivity index (χ3n) is 3.03. The molecule has 0 aliphatic carbocycles. The lowest BCUT2D eigenvalue weighted by Crippen LogP contribution is -2.32. The summed E-state index contributed by atoms with van der Waals surface area (Å²) in [6.45, 7) is 6.87. The summed E-state index contributed by atoms with van der Waals surface area (Å²) < 4.78 is 19.4. The van der Waals surface area contributed by atoms with Crippen LogP contribution in [-0.2, 0) is 38.1 Å². The van der Waals surface area contributed by atoms with Crippen LogP contribution in [0.2, 0.25) is 0 Å². The first-order valence-corrected chi connectivity index (χ1v) is 8.09. The highest BCUT2D eigenvalue weighted by atomic mass is 16.6. The van der Waals surface area contributed by atoms with E-state index in [0.29, 0.717) is 0 Å². The molecule has 0 rings (SSSR count). The smallest absolute Gasteiger partial charge is 0.320 e. The zero-order chi connectivity index (χ0) is 18.5. The van der Waals surface area contributed by atoms with Crippen molar-refractivity contribution in [1.82, 2.24) is 0 Å². The maximum absolute atomic E-state index is 11.9. The zero-order valence-corrected chi connectivity index (χ0v) is 14.7. The molecular formula is C16H26O8. The van der Waals surface area contributed by atoms with Crippen molar-refractivity contribution >= 4 is 23.9 Å². The molecule has 0 N–H and O–H groups in total. The van der Waals surface area contributed by atoms with E-state index in [2.05, 4.69) is 0 Å². The molecule has 0 aliphatic rings. The Morgan fingerprint density at radius 2 is 0.750 bits per heavy atom. The minimum atomic E-state index is -1.20. The van der Waals surface area contributed by atoms with Crippen molar-refractivity contribution in [3.05, 3.63) is 0 Å². The molecule has 8 nitrogen and oxygen atoms in total. The topological polar surface area (TPSA) is 105 Å². The van der Waals surface area contributed by atoms with Gasteiger partial charge in [-0.25, -0.2) is 0 Å². The van der Waals surface area contributed by atoms with Crippen molar-refractivity contribution in [2.75, 3.05) is 26.4 Å². The van der Waals surface area contributed by atoms with E-state index in [-0.39, 0.29) is 39.3 Å². The van der Waals surface area contributed by atoms with E-state index >= 15 is 0 Å². The van der Waals surface area contributed by atoms with Gasteiger partial charge in [0, 0.05) is 0 Å². The molecule has 0 amide bonds. The number of rotatable bonds is 11. The van der Waals surface area contributed by atoms with Gasteiger partial charge in [-0.2, -0.15) is 0 Å². The van der Waals surface area contributed by atoms with Crippen molar-refractivity contribution in [1.29, 1.82) is 0 Å². The molecule has 0 saturated heterocycles. The average molecular weight is 346 g/mol. The number of carbonyl (C=O) groups is 4. The summed E-state index contributed by atoms with van der Waals surface area (Å²) in [6, 6.07) is 0. The van der Waals surface area contributed by atoms with E-state index in [9.17, 15) is 19.2 Å². The molecular weight excluding hydrogens is 320 g/mol. The maximum atomic E-state index is 11.9. The lowest BCUT2D eigenvalue weighted by Gasteiger charge is -2.17. The second kappa shape index (κ2) is 12.3. The molecule has 0 atom stereocenters. The summed E-state index contributed by atoms with van der Waals surface area (Å²) in [6.07, 6.45) is -0.167. The van der Waals surface area contributed by atoms with E-state index in [1.54, 1.807) is 27.7 Å². The lowest BCUT2D eigenvalue weighted by atomic mass is 9.95. The highest BCUT2D eigenvalue weighted by Gasteiger charge is 2.35. The Hall–Kier alpha value is -2.12. The Bertz CT molecular complexity index is 356. The highest BCUT2D eigenvalue weighted by Crippen LogP contribution is 2.19. The Balaban J connectivity index is 5.06. The van der Waals surface area contributed by atoms with Crippen LogP contribution in [0.1, 0.15) is 40.5 Å². The molecule has 0 unspecified atom stereocenters. The Morgan fingerprint density at radius 3 is 0.917 bits per heavy atom. The largest absolute Gasteiger partial charge is 0.465 e. The number of ether oxygens (including phenoxy) is 4. The lowest BCUT2D eigenvalue weighted by molar-refractivity contribution is -0.167. The van der Waals surface area contributed by atoms with Crippen LogP contribution in [-0.4, -0.2) is 50.3 Å². The molecule has 0 radical (unpaired) electrons. The molecule has 0 aromatic heterocycles. The second-order valence-electron chi connectivity index (χ2n) is 4.69. The first-order chi connectivity index (χ1) is 11.4. The fourth-order valence-electron chi connectivity index (χ4n) is 1.97. The van der Waals surface area contributed by atoms with Gasteiger partial charge < -0.3 is 18.9 Å². The quantitative estimate of drug-likeness (QED) is 0.313. The molecule has 0 bridgehead atoms. The molecule has 24 heavy (non-hydrogen) atoms. The van der Waals surface area contributed by atoms with Gasteiger partial charge in [0.1, 0.15) is 0 Å². The predicted octanol–water partition coefficient (Wildman–Crippen LogP) is 1.25. The second-order valence-corrected chi connectivity index (χ2v) is 4.69. The number of esters is 4. The zero-order valence-electron chi connectivity index (χ0n) is 14.7. The van der Waals surface area contributed by atoms with Gasteiger partial charge in [0.2, 0.25) is 0 Å². The van der Waals surface area contributed by atoms with Gasteiger partial charge in [-0.3, -0.25) is 19.2 Å². The Morgan fingerprint density at radius 1 is 0.542 bits per heavy atom. The molecule has 0 aromatic rings. The summed E-state index contributed by atoms with van der Waals surface area (Å²) in [5.41, 5.74) is 0. The first-order valence-electron chi connectivity index (χ1n) is 8.09. The van der Waals surface area contributed by atoms with Crippen LogP contribution in [0.5, 0.6) is 0 Å². The average Bonchev–Trinajstić information content (AvgIpc) is 2.52. The number of hydrogen-bond donors (Lipinski definition) is 0. The van der Waals surface area contributed by atoms with E-state index in [1.165, 1.54) is 0 Å². The van der Waals surface area contributed by atoms with Crippen molar-refractivity contribution in [2.45, 2.75) is 40.5 Å². The predicted molar refractivity (Wildman–Crippen MR) is 82.7 cm³/mol. The van der Waals surface area contributed by atoms with E-state index in [4.69, 9.17) is 18.9 Å². The fraction of sp³-hybridized carbons (Fsp3) is 0.750. The van der Waals surface area contributed by atoms with Crippen LogP contribution in [0.25, 0.3) is 0 Å². The van der Waals surface area contributed by atoms with Gasteiger partial charge in [0.25, 0.3) is 0 Å². The maximum Gasteiger partial charge on any atom is 0.320 e. The molecule has 138 valence electrons. The van der Waals surface area contributed by atoms with Crippen molar-refractivity contribution < 1.29 is 38.1 Å². The highest BCUT2D eigenvalue weighted by molar-refractivity contribution is 5.96. The molecule has 8 heteroatoms. The van der Waals surface area contributed by atoms with E-state index in [1.807, 2.05) is 0 Å². The van der Waals surface area contributed by atoms with Gasteiger partial charge in [-0.1, -0.05) is 0 Å². The third kappa shape index (κ3) is 7.43. The summed E-state index contributed by atoms with van der Waals surface area (Å²) in [7, 11) is 0. The Labute approximate surface area is 141 Å². The molecule has 0 aromatic carbocycles. The van der Waals surface area contributed by atoms with Crippen LogP contribution >= 0.6 is 0 Å². The summed E-state index contributed by atoms with van der Waals surface area (Å²) in [4.78, 5) is 47.6. The minimum Gasteiger partial charge on any atom is -0.465 e. The van der Waals surface area contributed by atoms with Gasteiger partial charge >= 0.3 is 23.9 Å². The van der Waals surface area contributed by atoms with Crippen LogP contribution in [0.4, 0.5) is 0 Å². The van der Waals surface area contributed by atoms with Gasteiger partial charge in [-0.15, -0.1) is 0 Å². The Kier molecular flexibility index (Phi) is 11.2. The first kappa shape index (κ1) is 21.9. The van der Waals surface area contributed by atoms with Gasteiger partial charge in [-0.05, 0) is 40.5 Å². The van der Waals surface area contributed by atoms with Crippen LogP contribution in [0.3, 0.4) is 0 Å². The SMILES string of the molecule is CCOC(=O)C(CCC(C(=O)OCC)C(=O)OCC)C(=O)OCC. The summed E-state index contributed by atoms with van der Waals surface area (Å²) >= 11 is 0. The van der Waals surface area contributed by atoms with Crippen LogP contribution in [0.15, 0.2) is 0 Å². The van der Waals surface area contributed by atoms with Crippen molar-refractivity contribution in [3.63, 3.8) is 0 Å². The fourth-order valence-corrected chi connectivity index (χ4v) is 1.97. The van der Waals surface area contributed by atoms with Crippen molar-refractivity contribution in [3.8, 4) is 0 Å². The summed E-state index contributed by atoms with van der Waals surface area (Å²) in [5, 5.41) is 0. The third-order valence-corrected chi connectivity index (χ3v) is 3.03. The molecule has 0 aliphatic heterocycles. The number of carbonyl (C=O) groups excluding carboxylic acids is 4.